The van der Waals surface area contributed by atoms with Crippen molar-refractivity contribution in [2.24, 2.45) is 0 Å². The molecule has 0 radical (unpaired) electrons. The molecule has 0 aromatic heterocycles. The molecule has 0 spiro atoms. The van der Waals surface area contributed by atoms with E-state index in [1.54, 1.807) is 45.0 Å². The normalized spacial score (nSPS) is 12.4. The van der Waals surface area contributed by atoms with E-state index in [9.17, 15) is 9.59 Å². The minimum absolute atomic E-state index is 0.0170. The van der Waals surface area contributed by atoms with Crippen molar-refractivity contribution in [3.05, 3.63) is 29.8 Å². The highest BCUT2D eigenvalue weighted by molar-refractivity contribution is 5.70. The van der Waals surface area contributed by atoms with Gasteiger partial charge >= 0.3 is 12.1 Å². The maximum absolute atomic E-state index is 11.6. The molecule has 0 unspecified atom stereocenters. The number of nitrogens with one attached hydrogen (secondary N) is 1. The van der Waals surface area contributed by atoms with Gasteiger partial charge in [-0.1, -0.05) is 12.1 Å². The predicted octanol–water partition coefficient (Wildman–Crippen LogP) is 2.61. The first kappa shape index (κ1) is 17.8. The lowest BCUT2D eigenvalue weighted by atomic mass is 10.1. The van der Waals surface area contributed by atoms with Gasteiger partial charge in [0.2, 0.25) is 0 Å². The van der Waals surface area contributed by atoms with Crippen molar-refractivity contribution in [1.29, 1.82) is 0 Å². The molecule has 1 rings (SSSR count). The molecule has 0 saturated heterocycles. The Kier molecular flexibility index (Phi) is 6.22. The van der Waals surface area contributed by atoms with Crippen LogP contribution in [0, 0.1) is 0 Å². The van der Waals surface area contributed by atoms with Crippen LogP contribution in [0.2, 0.25) is 0 Å². The standard InChI is InChI=1S/C16H23NO5/c1-11(17-15(20)22-16(2,3)4)10-21-13-7-5-12(6-8-13)9-14(18)19/h5-8,11H,9-10H2,1-4H3,(H,17,20)(H,18,19)/t11-/m1/s1. The average molecular weight is 309 g/mol. The monoisotopic (exact) mass is 309 g/mol. The zero-order valence-electron chi connectivity index (χ0n) is 13.4. The zero-order valence-corrected chi connectivity index (χ0v) is 13.4. The molecule has 2 N–H and O–H groups in total. The highest BCUT2D eigenvalue weighted by atomic mass is 16.6. The van der Waals surface area contributed by atoms with E-state index >= 15 is 0 Å². The van der Waals surface area contributed by atoms with Gasteiger partial charge in [0, 0.05) is 0 Å². The number of hydrogen-bond donors (Lipinski definition) is 2. The summed E-state index contributed by atoms with van der Waals surface area (Å²) in [4.78, 5) is 22.2. The van der Waals surface area contributed by atoms with E-state index in [2.05, 4.69) is 5.32 Å². The number of benzene rings is 1. The number of carboxylic acid groups (broad SMARTS) is 1. The Bertz CT molecular complexity index is 504. The van der Waals surface area contributed by atoms with Crippen LogP contribution in [-0.4, -0.2) is 35.4 Å². The van der Waals surface area contributed by atoms with Crippen LogP contribution in [0.25, 0.3) is 0 Å². The van der Waals surface area contributed by atoms with Crippen LogP contribution in [0.1, 0.15) is 33.3 Å². The minimum atomic E-state index is -0.871. The van der Waals surface area contributed by atoms with Gasteiger partial charge in [-0.15, -0.1) is 0 Å². The zero-order chi connectivity index (χ0) is 16.8. The fourth-order valence-electron chi connectivity index (χ4n) is 1.65. The van der Waals surface area contributed by atoms with E-state index in [4.69, 9.17) is 14.6 Å². The van der Waals surface area contributed by atoms with E-state index in [1.165, 1.54) is 0 Å². The number of alkyl carbamates (subject to hydrolysis) is 1. The number of aliphatic carboxylic acids is 1. The Morgan fingerprint density at radius 2 is 1.82 bits per heavy atom. The van der Waals surface area contributed by atoms with Crippen molar-refractivity contribution in [1.82, 2.24) is 5.32 Å². The third kappa shape index (κ3) is 7.52. The Balaban J connectivity index is 2.39. The van der Waals surface area contributed by atoms with Crippen molar-refractivity contribution >= 4 is 12.1 Å². The number of rotatable bonds is 6. The lowest BCUT2D eigenvalue weighted by Gasteiger charge is -2.22. The second kappa shape index (κ2) is 7.68. The summed E-state index contributed by atoms with van der Waals surface area (Å²) in [5, 5.41) is 11.4. The Morgan fingerprint density at radius 3 is 2.32 bits per heavy atom. The molecule has 1 atom stereocenters. The third-order valence-corrected chi connectivity index (χ3v) is 2.54. The maximum Gasteiger partial charge on any atom is 0.407 e. The second-order valence-corrected chi connectivity index (χ2v) is 6.07. The predicted molar refractivity (Wildman–Crippen MR) is 82.1 cm³/mol. The second-order valence-electron chi connectivity index (χ2n) is 6.07. The van der Waals surface area contributed by atoms with Crippen LogP contribution >= 0.6 is 0 Å². The van der Waals surface area contributed by atoms with Gasteiger partial charge in [-0.2, -0.15) is 0 Å². The third-order valence-electron chi connectivity index (χ3n) is 2.54. The van der Waals surface area contributed by atoms with Gasteiger partial charge in [-0.05, 0) is 45.4 Å². The molecule has 1 amide bonds. The topological polar surface area (TPSA) is 84.9 Å². The first-order chi connectivity index (χ1) is 10.2. The molecule has 6 nitrogen and oxygen atoms in total. The SMILES string of the molecule is C[C@H](COc1ccc(CC(=O)O)cc1)NC(=O)OC(C)(C)C. The summed E-state index contributed by atoms with van der Waals surface area (Å²) >= 11 is 0. The van der Waals surface area contributed by atoms with Gasteiger partial charge in [0.1, 0.15) is 18.0 Å². The van der Waals surface area contributed by atoms with Gasteiger partial charge in [0.25, 0.3) is 0 Å². The van der Waals surface area contributed by atoms with Crippen molar-refractivity contribution < 1.29 is 24.2 Å². The van der Waals surface area contributed by atoms with Gasteiger partial charge in [0.05, 0.1) is 12.5 Å². The van der Waals surface area contributed by atoms with Crippen LogP contribution in [0.5, 0.6) is 5.75 Å². The van der Waals surface area contributed by atoms with Crippen LogP contribution < -0.4 is 10.1 Å². The lowest BCUT2D eigenvalue weighted by Crippen LogP contribution is -2.40. The summed E-state index contributed by atoms with van der Waals surface area (Å²) in [5.74, 6) is -0.254. The van der Waals surface area contributed by atoms with E-state index in [1.807, 2.05) is 6.92 Å². The Morgan fingerprint density at radius 1 is 1.23 bits per heavy atom. The summed E-state index contributed by atoms with van der Waals surface area (Å²) in [6.45, 7) is 7.49. The summed E-state index contributed by atoms with van der Waals surface area (Å²) < 4.78 is 10.7. The number of amides is 1. The molecule has 1 aromatic rings. The molecule has 0 bridgehead atoms. The minimum Gasteiger partial charge on any atom is -0.491 e. The van der Waals surface area contributed by atoms with E-state index in [0.717, 1.165) is 0 Å². The number of carbonyl (C=O) groups excluding carboxylic acids is 1. The molecular weight excluding hydrogens is 286 g/mol. The van der Waals surface area contributed by atoms with Crippen LogP contribution in [0.3, 0.4) is 0 Å². The molecule has 122 valence electrons. The molecule has 22 heavy (non-hydrogen) atoms. The summed E-state index contributed by atoms with van der Waals surface area (Å²) in [7, 11) is 0. The average Bonchev–Trinajstić information content (AvgIpc) is 2.34. The number of carbonyl (C=O) groups is 2. The van der Waals surface area contributed by atoms with Crippen LogP contribution in [0.4, 0.5) is 4.79 Å². The first-order valence-electron chi connectivity index (χ1n) is 7.09. The lowest BCUT2D eigenvalue weighted by molar-refractivity contribution is -0.136. The van der Waals surface area contributed by atoms with Crippen LogP contribution in [0.15, 0.2) is 24.3 Å². The van der Waals surface area contributed by atoms with Crippen LogP contribution in [-0.2, 0) is 16.0 Å². The van der Waals surface area contributed by atoms with Crippen molar-refractivity contribution in [3.8, 4) is 5.75 Å². The molecule has 6 heteroatoms. The molecule has 0 aliphatic rings. The quantitative estimate of drug-likeness (QED) is 0.843. The highest BCUT2D eigenvalue weighted by Crippen LogP contribution is 2.13. The fraction of sp³-hybridized carbons (Fsp3) is 0.500. The van der Waals surface area contributed by atoms with Crippen molar-refractivity contribution in [2.45, 2.75) is 45.8 Å². The summed E-state index contributed by atoms with van der Waals surface area (Å²) in [6.07, 6.45) is -0.503. The molecule has 0 fully saturated rings. The molecular formula is C16H23NO5. The van der Waals surface area contributed by atoms with Gasteiger partial charge in [-0.25, -0.2) is 4.79 Å². The number of hydrogen-bond acceptors (Lipinski definition) is 4. The molecule has 0 aliphatic carbocycles. The van der Waals surface area contributed by atoms with Gasteiger partial charge in [0.15, 0.2) is 0 Å². The van der Waals surface area contributed by atoms with Crippen molar-refractivity contribution in [3.63, 3.8) is 0 Å². The Labute approximate surface area is 130 Å². The molecule has 0 saturated carbocycles. The highest BCUT2D eigenvalue weighted by Gasteiger charge is 2.17. The van der Waals surface area contributed by atoms with Crippen molar-refractivity contribution in [2.75, 3.05) is 6.61 Å². The largest absolute Gasteiger partial charge is 0.491 e. The summed E-state index contributed by atoms with van der Waals surface area (Å²) in [5.41, 5.74) is 0.171. The number of carboxylic acids is 1. The molecule has 0 aliphatic heterocycles. The molecule has 0 heterocycles. The van der Waals surface area contributed by atoms with E-state index < -0.39 is 17.7 Å². The fourth-order valence-corrected chi connectivity index (χ4v) is 1.65. The van der Waals surface area contributed by atoms with E-state index in [0.29, 0.717) is 11.3 Å². The smallest absolute Gasteiger partial charge is 0.407 e. The van der Waals surface area contributed by atoms with Gasteiger partial charge < -0.3 is 19.9 Å². The first-order valence-corrected chi connectivity index (χ1v) is 7.09. The number of ether oxygens (including phenoxy) is 2. The molecule has 1 aromatic carbocycles. The summed E-state index contributed by atoms with van der Waals surface area (Å²) in [6, 6.07) is 6.61. The van der Waals surface area contributed by atoms with E-state index in [-0.39, 0.29) is 19.1 Å². The van der Waals surface area contributed by atoms with Gasteiger partial charge in [-0.3, -0.25) is 4.79 Å². The Hall–Kier alpha value is -2.24. The maximum atomic E-state index is 11.6.